The lowest BCUT2D eigenvalue weighted by Crippen LogP contribution is -2.22. The molecule has 0 aliphatic heterocycles. The zero-order valence-electron chi connectivity index (χ0n) is 9.99. The lowest BCUT2D eigenvalue weighted by atomic mass is 10.1. The molecule has 0 saturated heterocycles. The summed E-state index contributed by atoms with van der Waals surface area (Å²) in [5.41, 5.74) is 6.82. The van der Waals surface area contributed by atoms with E-state index in [0.717, 1.165) is 6.42 Å². The van der Waals surface area contributed by atoms with Crippen LogP contribution in [-0.4, -0.2) is 31.5 Å². The Balaban J connectivity index is 3.02. The largest absolute Gasteiger partial charge is 0.493 e. The summed E-state index contributed by atoms with van der Waals surface area (Å²) in [5, 5.41) is 0. The summed E-state index contributed by atoms with van der Waals surface area (Å²) >= 11 is 0. The number of anilines is 1. The third-order valence-electron chi connectivity index (χ3n) is 2.10. The Kier molecular flexibility index (Phi) is 4.17. The smallest absolute Gasteiger partial charge is 0.257 e. The zero-order valence-corrected chi connectivity index (χ0v) is 9.99. The quantitative estimate of drug-likeness (QED) is 0.790. The van der Waals surface area contributed by atoms with Crippen LogP contribution in [0.1, 0.15) is 23.7 Å². The first-order valence-electron chi connectivity index (χ1n) is 5.30. The topological polar surface area (TPSA) is 55.6 Å². The van der Waals surface area contributed by atoms with Gasteiger partial charge in [0.2, 0.25) is 0 Å². The fourth-order valence-electron chi connectivity index (χ4n) is 1.29. The Morgan fingerprint density at radius 2 is 2.12 bits per heavy atom. The number of ether oxygens (including phenoxy) is 1. The van der Waals surface area contributed by atoms with E-state index >= 15 is 0 Å². The Morgan fingerprint density at radius 1 is 1.44 bits per heavy atom. The zero-order chi connectivity index (χ0) is 12.1. The first kappa shape index (κ1) is 12.4. The molecular formula is C12H18N2O2. The van der Waals surface area contributed by atoms with Gasteiger partial charge < -0.3 is 15.4 Å². The summed E-state index contributed by atoms with van der Waals surface area (Å²) in [5.74, 6) is 0.478. The maximum Gasteiger partial charge on any atom is 0.257 e. The first-order valence-corrected chi connectivity index (χ1v) is 5.30. The number of carbonyl (C=O) groups excluding carboxylic acids is 1. The predicted octanol–water partition coefficient (Wildman–Crippen LogP) is 1.76. The molecule has 0 saturated carbocycles. The molecule has 4 heteroatoms. The van der Waals surface area contributed by atoms with Crippen molar-refractivity contribution < 1.29 is 9.53 Å². The fourth-order valence-corrected chi connectivity index (χ4v) is 1.29. The van der Waals surface area contributed by atoms with Crippen molar-refractivity contribution in [1.82, 2.24) is 4.90 Å². The predicted molar refractivity (Wildman–Crippen MR) is 64.7 cm³/mol. The molecule has 88 valence electrons. The second-order valence-corrected chi connectivity index (χ2v) is 3.80. The second kappa shape index (κ2) is 5.39. The summed E-state index contributed by atoms with van der Waals surface area (Å²) in [7, 11) is 3.42. The molecule has 0 fully saturated rings. The maximum absolute atomic E-state index is 11.8. The number of benzene rings is 1. The molecule has 0 heterocycles. The molecule has 4 nitrogen and oxygen atoms in total. The van der Waals surface area contributed by atoms with E-state index in [2.05, 4.69) is 0 Å². The molecule has 16 heavy (non-hydrogen) atoms. The van der Waals surface area contributed by atoms with Gasteiger partial charge in [-0.1, -0.05) is 6.92 Å². The number of amides is 1. The lowest BCUT2D eigenvalue weighted by Gasteiger charge is -2.15. The molecule has 0 aliphatic rings. The van der Waals surface area contributed by atoms with Crippen LogP contribution in [0.15, 0.2) is 18.2 Å². The van der Waals surface area contributed by atoms with Gasteiger partial charge in [0.1, 0.15) is 5.75 Å². The third-order valence-corrected chi connectivity index (χ3v) is 2.10. The molecule has 1 rings (SSSR count). The first-order chi connectivity index (χ1) is 7.56. The van der Waals surface area contributed by atoms with Gasteiger partial charge in [0.25, 0.3) is 5.91 Å². The van der Waals surface area contributed by atoms with E-state index in [1.807, 2.05) is 6.92 Å². The number of nitrogen functional groups attached to an aromatic ring is 1. The van der Waals surface area contributed by atoms with Crippen LogP contribution >= 0.6 is 0 Å². The van der Waals surface area contributed by atoms with Crippen molar-refractivity contribution in [1.29, 1.82) is 0 Å². The number of hydrogen-bond acceptors (Lipinski definition) is 3. The SMILES string of the molecule is CCCOc1cc(N)ccc1C(=O)N(C)C. The van der Waals surface area contributed by atoms with Crippen LogP contribution in [0.5, 0.6) is 5.75 Å². The number of rotatable bonds is 4. The summed E-state index contributed by atoms with van der Waals surface area (Å²) in [6, 6.07) is 5.09. The van der Waals surface area contributed by atoms with Crippen LogP contribution in [0.4, 0.5) is 5.69 Å². The van der Waals surface area contributed by atoms with Crippen molar-refractivity contribution in [3.8, 4) is 5.75 Å². The molecular weight excluding hydrogens is 204 g/mol. The molecule has 1 aromatic rings. The monoisotopic (exact) mass is 222 g/mol. The van der Waals surface area contributed by atoms with Gasteiger partial charge in [-0.2, -0.15) is 0 Å². The molecule has 2 N–H and O–H groups in total. The molecule has 1 aromatic carbocycles. The van der Waals surface area contributed by atoms with E-state index in [1.54, 1.807) is 32.3 Å². The van der Waals surface area contributed by atoms with E-state index in [1.165, 1.54) is 4.90 Å². The van der Waals surface area contributed by atoms with Crippen LogP contribution in [0.25, 0.3) is 0 Å². The standard InChI is InChI=1S/C12H18N2O2/c1-4-7-16-11-8-9(13)5-6-10(11)12(15)14(2)3/h5-6,8H,4,7,13H2,1-3H3. The Hall–Kier alpha value is -1.71. The van der Waals surface area contributed by atoms with Gasteiger partial charge in [-0.15, -0.1) is 0 Å². The van der Waals surface area contributed by atoms with E-state index in [0.29, 0.717) is 23.6 Å². The summed E-state index contributed by atoms with van der Waals surface area (Å²) in [6.45, 7) is 2.59. The molecule has 0 unspecified atom stereocenters. The van der Waals surface area contributed by atoms with Gasteiger partial charge in [-0.25, -0.2) is 0 Å². The molecule has 0 atom stereocenters. The normalized spacial score (nSPS) is 9.94. The van der Waals surface area contributed by atoms with Crippen LogP contribution in [0.2, 0.25) is 0 Å². The minimum Gasteiger partial charge on any atom is -0.493 e. The minimum absolute atomic E-state index is 0.0777. The van der Waals surface area contributed by atoms with Gasteiger partial charge in [-0.05, 0) is 18.6 Å². The van der Waals surface area contributed by atoms with Gasteiger partial charge >= 0.3 is 0 Å². The van der Waals surface area contributed by atoms with Crippen LogP contribution in [-0.2, 0) is 0 Å². The van der Waals surface area contributed by atoms with Crippen molar-refractivity contribution in [3.05, 3.63) is 23.8 Å². The lowest BCUT2D eigenvalue weighted by molar-refractivity contribution is 0.0823. The minimum atomic E-state index is -0.0777. The molecule has 0 aromatic heterocycles. The highest BCUT2D eigenvalue weighted by Crippen LogP contribution is 2.23. The second-order valence-electron chi connectivity index (χ2n) is 3.80. The number of hydrogen-bond donors (Lipinski definition) is 1. The molecule has 0 radical (unpaired) electrons. The van der Waals surface area contributed by atoms with Crippen molar-refractivity contribution in [2.24, 2.45) is 0 Å². The van der Waals surface area contributed by atoms with Gasteiger partial charge in [-0.3, -0.25) is 4.79 Å². The van der Waals surface area contributed by atoms with Gasteiger partial charge in [0, 0.05) is 25.8 Å². The molecule has 1 amide bonds. The Bertz CT molecular complexity index is 375. The van der Waals surface area contributed by atoms with E-state index in [-0.39, 0.29) is 5.91 Å². The van der Waals surface area contributed by atoms with E-state index in [4.69, 9.17) is 10.5 Å². The van der Waals surface area contributed by atoms with Crippen molar-refractivity contribution in [2.75, 3.05) is 26.4 Å². The highest BCUT2D eigenvalue weighted by Gasteiger charge is 2.14. The van der Waals surface area contributed by atoms with Crippen molar-refractivity contribution >= 4 is 11.6 Å². The van der Waals surface area contributed by atoms with Gasteiger partial charge in [0.05, 0.1) is 12.2 Å². The van der Waals surface area contributed by atoms with Crippen molar-refractivity contribution in [3.63, 3.8) is 0 Å². The van der Waals surface area contributed by atoms with Crippen molar-refractivity contribution in [2.45, 2.75) is 13.3 Å². The Labute approximate surface area is 96.0 Å². The van der Waals surface area contributed by atoms with Crippen LogP contribution in [0, 0.1) is 0 Å². The number of nitrogens with two attached hydrogens (primary N) is 1. The fraction of sp³-hybridized carbons (Fsp3) is 0.417. The average molecular weight is 222 g/mol. The molecule has 0 bridgehead atoms. The Morgan fingerprint density at radius 3 is 2.69 bits per heavy atom. The highest BCUT2D eigenvalue weighted by molar-refractivity contribution is 5.97. The highest BCUT2D eigenvalue weighted by atomic mass is 16.5. The number of carbonyl (C=O) groups is 1. The summed E-state index contributed by atoms with van der Waals surface area (Å²) in [4.78, 5) is 13.4. The summed E-state index contributed by atoms with van der Waals surface area (Å²) < 4.78 is 5.51. The van der Waals surface area contributed by atoms with Gasteiger partial charge in [0.15, 0.2) is 0 Å². The van der Waals surface area contributed by atoms with E-state index < -0.39 is 0 Å². The molecule has 0 aliphatic carbocycles. The average Bonchev–Trinajstić information content (AvgIpc) is 2.25. The van der Waals surface area contributed by atoms with Crippen LogP contribution in [0.3, 0.4) is 0 Å². The third kappa shape index (κ3) is 2.89. The summed E-state index contributed by atoms with van der Waals surface area (Å²) in [6.07, 6.45) is 0.893. The maximum atomic E-state index is 11.8. The van der Waals surface area contributed by atoms with Crippen LogP contribution < -0.4 is 10.5 Å². The van der Waals surface area contributed by atoms with E-state index in [9.17, 15) is 4.79 Å². The molecule has 0 spiro atoms. The number of nitrogens with zero attached hydrogens (tertiary/aromatic N) is 1.